The third-order valence-corrected chi connectivity index (χ3v) is 3.83. The summed E-state index contributed by atoms with van der Waals surface area (Å²) in [6.07, 6.45) is 4.21. The third kappa shape index (κ3) is 2.12. The van der Waals surface area contributed by atoms with Crippen LogP contribution in [0.25, 0.3) is 0 Å². The molecule has 0 amide bonds. The van der Waals surface area contributed by atoms with Crippen molar-refractivity contribution in [2.45, 2.75) is 38.3 Å². The predicted molar refractivity (Wildman–Crippen MR) is 51.1 cm³/mol. The van der Waals surface area contributed by atoms with Gasteiger partial charge in [-0.3, -0.25) is 0 Å². The van der Waals surface area contributed by atoms with Crippen LogP contribution < -0.4 is 5.32 Å². The Labute approximate surface area is 73.3 Å². The number of rotatable bonds is 2. The van der Waals surface area contributed by atoms with Gasteiger partial charge in [-0.1, -0.05) is 6.92 Å². The highest BCUT2D eigenvalue weighted by molar-refractivity contribution is 7.99. The van der Waals surface area contributed by atoms with Gasteiger partial charge in [0.1, 0.15) is 0 Å². The number of hydrogen-bond donors (Lipinski definition) is 1. The maximum atomic E-state index is 3.73. The Kier molecular flexibility index (Phi) is 2.42. The fourth-order valence-electron chi connectivity index (χ4n) is 1.72. The molecule has 1 saturated heterocycles. The summed E-state index contributed by atoms with van der Waals surface area (Å²) in [5.41, 5.74) is 0. The van der Waals surface area contributed by atoms with Gasteiger partial charge in [-0.25, -0.2) is 0 Å². The van der Waals surface area contributed by atoms with E-state index in [4.69, 9.17) is 0 Å². The fourth-order valence-corrected chi connectivity index (χ4v) is 2.83. The molecule has 2 rings (SSSR count). The van der Waals surface area contributed by atoms with E-state index in [1.54, 1.807) is 0 Å². The molecule has 0 aromatic heterocycles. The van der Waals surface area contributed by atoms with Crippen LogP contribution in [0.1, 0.15) is 26.2 Å². The molecule has 0 bridgehead atoms. The molecule has 0 aromatic carbocycles. The highest BCUT2D eigenvalue weighted by Crippen LogP contribution is 2.31. The molecule has 1 aliphatic carbocycles. The second kappa shape index (κ2) is 3.36. The zero-order valence-corrected chi connectivity index (χ0v) is 7.99. The SMILES string of the molecule is CC1CC1NC1CCSCC1. The van der Waals surface area contributed by atoms with E-state index < -0.39 is 0 Å². The minimum atomic E-state index is 0.853. The predicted octanol–water partition coefficient (Wildman–Crippen LogP) is 1.88. The van der Waals surface area contributed by atoms with Crippen molar-refractivity contribution in [3.8, 4) is 0 Å². The van der Waals surface area contributed by atoms with Gasteiger partial charge in [0, 0.05) is 12.1 Å². The molecule has 64 valence electrons. The number of hydrogen-bond acceptors (Lipinski definition) is 2. The van der Waals surface area contributed by atoms with Crippen molar-refractivity contribution in [2.24, 2.45) is 5.92 Å². The van der Waals surface area contributed by atoms with Crippen LogP contribution in [0.3, 0.4) is 0 Å². The molecule has 11 heavy (non-hydrogen) atoms. The summed E-state index contributed by atoms with van der Waals surface area (Å²) in [7, 11) is 0. The van der Waals surface area contributed by atoms with Crippen LogP contribution in [-0.4, -0.2) is 23.6 Å². The summed E-state index contributed by atoms with van der Waals surface area (Å²) in [6.45, 7) is 2.34. The molecular formula is C9H17NS. The molecule has 2 aliphatic rings. The molecule has 2 fully saturated rings. The fraction of sp³-hybridized carbons (Fsp3) is 1.00. The summed E-state index contributed by atoms with van der Waals surface area (Å²) in [4.78, 5) is 0. The average molecular weight is 171 g/mol. The molecule has 2 atom stereocenters. The third-order valence-electron chi connectivity index (χ3n) is 2.78. The first kappa shape index (κ1) is 7.93. The molecule has 0 spiro atoms. The molecule has 0 aromatic rings. The molecule has 1 aliphatic heterocycles. The van der Waals surface area contributed by atoms with Crippen LogP contribution in [-0.2, 0) is 0 Å². The van der Waals surface area contributed by atoms with Gasteiger partial charge < -0.3 is 5.32 Å². The van der Waals surface area contributed by atoms with E-state index in [1.165, 1.54) is 30.8 Å². The van der Waals surface area contributed by atoms with Crippen molar-refractivity contribution < 1.29 is 0 Å². The van der Waals surface area contributed by atoms with Crippen molar-refractivity contribution in [3.05, 3.63) is 0 Å². The number of thioether (sulfide) groups is 1. The average Bonchev–Trinajstić information content (AvgIpc) is 2.69. The van der Waals surface area contributed by atoms with Crippen LogP contribution in [0.5, 0.6) is 0 Å². The summed E-state index contributed by atoms with van der Waals surface area (Å²) < 4.78 is 0. The Hall–Kier alpha value is 0.310. The van der Waals surface area contributed by atoms with Crippen LogP contribution in [0, 0.1) is 5.92 Å². The Balaban J connectivity index is 1.68. The molecule has 1 nitrogen and oxygen atoms in total. The summed E-state index contributed by atoms with van der Waals surface area (Å²) in [5, 5.41) is 3.73. The topological polar surface area (TPSA) is 12.0 Å². The molecule has 1 saturated carbocycles. The quantitative estimate of drug-likeness (QED) is 0.681. The lowest BCUT2D eigenvalue weighted by molar-refractivity contribution is 0.469. The smallest absolute Gasteiger partial charge is 0.00989 e. The van der Waals surface area contributed by atoms with Gasteiger partial charge in [0.15, 0.2) is 0 Å². The van der Waals surface area contributed by atoms with Crippen molar-refractivity contribution in [3.63, 3.8) is 0 Å². The van der Waals surface area contributed by atoms with Crippen molar-refractivity contribution in [1.29, 1.82) is 0 Å². The van der Waals surface area contributed by atoms with E-state index >= 15 is 0 Å². The van der Waals surface area contributed by atoms with Gasteiger partial charge in [0.05, 0.1) is 0 Å². The minimum absolute atomic E-state index is 0.853. The van der Waals surface area contributed by atoms with Crippen LogP contribution in [0.2, 0.25) is 0 Å². The lowest BCUT2D eigenvalue weighted by Gasteiger charge is -2.22. The van der Waals surface area contributed by atoms with Gasteiger partial charge in [0.25, 0.3) is 0 Å². The van der Waals surface area contributed by atoms with Crippen molar-refractivity contribution in [1.82, 2.24) is 5.32 Å². The van der Waals surface area contributed by atoms with Gasteiger partial charge in [-0.15, -0.1) is 0 Å². The van der Waals surface area contributed by atoms with Crippen LogP contribution in [0.4, 0.5) is 0 Å². The van der Waals surface area contributed by atoms with Gasteiger partial charge >= 0.3 is 0 Å². The molecule has 1 heterocycles. The molecule has 1 N–H and O–H groups in total. The Bertz CT molecular complexity index is 132. The summed E-state index contributed by atoms with van der Waals surface area (Å²) >= 11 is 2.11. The monoisotopic (exact) mass is 171 g/mol. The van der Waals surface area contributed by atoms with E-state index in [2.05, 4.69) is 24.0 Å². The van der Waals surface area contributed by atoms with Gasteiger partial charge in [0.2, 0.25) is 0 Å². The maximum Gasteiger partial charge on any atom is 0.00989 e. The normalized spacial score (nSPS) is 39.0. The highest BCUT2D eigenvalue weighted by Gasteiger charge is 2.34. The molecule has 2 heteroatoms. The zero-order chi connectivity index (χ0) is 7.68. The highest BCUT2D eigenvalue weighted by atomic mass is 32.2. The van der Waals surface area contributed by atoms with E-state index in [0.29, 0.717) is 0 Å². The van der Waals surface area contributed by atoms with Gasteiger partial charge in [-0.05, 0) is 36.7 Å². The minimum Gasteiger partial charge on any atom is -0.311 e. The maximum absolute atomic E-state index is 3.73. The Morgan fingerprint density at radius 3 is 2.45 bits per heavy atom. The lowest BCUT2D eigenvalue weighted by atomic mass is 10.1. The van der Waals surface area contributed by atoms with Gasteiger partial charge in [-0.2, -0.15) is 11.8 Å². The second-order valence-corrected chi connectivity index (χ2v) is 5.10. The second-order valence-electron chi connectivity index (χ2n) is 3.87. The Morgan fingerprint density at radius 1 is 1.27 bits per heavy atom. The first-order valence-electron chi connectivity index (χ1n) is 4.70. The Morgan fingerprint density at radius 2 is 1.91 bits per heavy atom. The van der Waals surface area contributed by atoms with Crippen molar-refractivity contribution in [2.75, 3.05) is 11.5 Å². The number of nitrogens with one attached hydrogen (secondary N) is 1. The largest absolute Gasteiger partial charge is 0.311 e. The van der Waals surface area contributed by atoms with E-state index in [9.17, 15) is 0 Å². The standard InChI is InChI=1S/C9H17NS/c1-7-6-9(7)10-8-2-4-11-5-3-8/h7-10H,2-6H2,1H3. The molecule has 0 radical (unpaired) electrons. The first-order valence-corrected chi connectivity index (χ1v) is 5.85. The van der Waals surface area contributed by atoms with E-state index in [1.807, 2.05) is 0 Å². The van der Waals surface area contributed by atoms with E-state index in [0.717, 1.165) is 18.0 Å². The zero-order valence-electron chi connectivity index (χ0n) is 7.18. The summed E-state index contributed by atoms with van der Waals surface area (Å²) in [6, 6.07) is 1.73. The van der Waals surface area contributed by atoms with Crippen molar-refractivity contribution >= 4 is 11.8 Å². The molecule has 2 unspecified atom stereocenters. The van der Waals surface area contributed by atoms with Crippen LogP contribution in [0.15, 0.2) is 0 Å². The van der Waals surface area contributed by atoms with E-state index in [-0.39, 0.29) is 0 Å². The molecular weight excluding hydrogens is 154 g/mol. The summed E-state index contributed by atoms with van der Waals surface area (Å²) in [5.74, 6) is 3.71. The van der Waals surface area contributed by atoms with Crippen LogP contribution >= 0.6 is 11.8 Å². The lowest BCUT2D eigenvalue weighted by Crippen LogP contribution is -2.34. The first-order chi connectivity index (χ1) is 5.36.